The third kappa shape index (κ3) is 4.07. The van der Waals surface area contributed by atoms with Crippen molar-refractivity contribution in [3.8, 4) is 5.75 Å². The van der Waals surface area contributed by atoms with Crippen LogP contribution >= 0.6 is 0 Å². The summed E-state index contributed by atoms with van der Waals surface area (Å²) in [6, 6.07) is 15.5. The molecule has 0 saturated heterocycles. The van der Waals surface area contributed by atoms with Crippen LogP contribution in [0.5, 0.6) is 5.75 Å². The highest BCUT2D eigenvalue weighted by atomic mass is 16.5. The van der Waals surface area contributed by atoms with Crippen molar-refractivity contribution in [2.24, 2.45) is 11.8 Å². The van der Waals surface area contributed by atoms with Crippen LogP contribution in [0, 0.1) is 11.8 Å². The van der Waals surface area contributed by atoms with Crippen LogP contribution in [0.25, 0.3) is 11.0 Å². The Morgan fingerprint density at radius 1 is 1.17 bits per heavy atom. The Morgan fingerprint density at radius 2 is 1.97 bits per heavy atom. The van der Waals surface area contributed by atoms with Crippen LogP contribution in [0.1, 0.15) is 56.2 Å². The number of para-hydroxylation sites is 2. The molecule has 1 aliphatic carbocycles. The number of imidazole rings is 1. The highest BCUT2D eigenvalue weighted by molar-refractivity contribution is 6.01. The maximum atomic E-state index is 14.0. The number of carbonyl (C=O) groups is 2. The summed E-state index contributed by atoms with van der Waals surface area (Å²) >= 11 is 0. The van der Waals surface area contributed by atoms with Gasteiger partial charge in [0.2, 0.25) is 5.91 Å². The molecule has 0 unspecified atom stereocenters. The van der Waals surface area contributed by atoms with Gasteiger partial charge in [0.1, 0.15) is 11.3 Å². The Labute approximate surface area is 206 Å². The van der Waals surface area contributed by atoms with Gasteiger partial charge in [0, 0.05) is 12.6 Å². The highest BCUT2D eigenvalue weighted by Gasteiger charge is 2.49. The Balaban J connectivity index is 1.54. The summed E-state index contributed by atoms with van der Waals surface area (Å²) in [5, 5.41) is 3.35. The summed E-state index contributed by atoms with van der Waals surface area (Å²) in [6.07, 6.45) is 3.27. The molecule has 7 heteroatoms. The number of carbonyl (C=O) groups excluding carboxylic acids is 2. The standard InChI is InChI=1S/C28H34N4O3/c1-18-9-7-13-22(19(18)2)30-27(34)28(3)17-31-24-14-6-5-12-23(24)29-25(31)26(33)32(28)16-20-10-8-11-21(15-20)35-4/h5-6,8,10-12,14-15,18-19,22H,7,9,13,16-17H2,1-4H3,(H,30,34)/t18-,19+,22+,28+/m0/s1. The zero-order valence-electron chi connectivity index (χ0n) is 21.0. The van der Waals surface area contributed by atoms with Crippen LogP contribution in [0.4, 0.5) is 0 Å². The summed E-state index contributed by atoms with van der Waals surface area (Å²) in [5.74, 6) is 1.70. The average Bonchev–Trinajstić information content (AvgIpc) is 3.23. The van der Waals surface area contributed by atoms with Gasteiger partial charge in [-0.15, -0.1) is 0 Å². The smallest absolute Gasteiger partial charge is 0.291 e. The average molecular weight is 475 g/mol. The van der Waals surface area contributed by atoms with E-state index in [0.717, 1.165) is 35.2 Å². The number of benzene rings is 2. The molecule has 2 heterocycles. The normalized spacial score (nSPS) is 26.5. The minimum absolute atomic E-state index is 0.108. The minimum Gasteiger partial charge on any atom is -0.497 e. The van der Waals surface area contributed by atoms with Gasteiger partial charge < -0.3 is 19.5 Å². The number of amides is 2. The van der Waals surface area contributed by atoms with Crippen LogP contribution in [0.2, 0.25) is 0 Å². The predicted molar refractivity (Wildman–Crippen MR) is 135 cm³/mol. The van der Waals surface area contributed by atoms with Gasteiger partial charge in [-0.05, 0) is 55.0 Å². The molecule has 2 aromatic carbocycles. The second kappa shape index (κ2) is 9.02. The lowest BCUT2D eigenvalue weighted by molar-refractivity contribution is -0.134. The molecule has 1 saturated carbocycles. The van der Waals surface area contributed by atoms with Crippen LogP contribution in [-0.4, -0.2) is 45.0 Å². The molecule has 0 spiro atoms. The van der Waals surface area contributed by atoms with Crippen molar-refractivity contribution in [3.05, 3.63) is 59.9 Å². The Hall–Kier alpha value is -3.35. The lowest BCUT2D eigenvalue weighted by Gasteiger charge is -2.45. The van der Waals surface area contributed by atoms with Crippen molar-refractivity contribution in [1.29, 1.82) is 0 Å². The largest absolute Gasteiger partial charge is 0.497 e. The first-order valence-corrected chi connectivity index (χ1v) is 12.5. The van der Waals surface area contributed by atoms with E-state index in [-0.39, 0.29) is 17.9 Å². The minimum atomic E-state index is -1.07. The third-order valence-electron chi connectivity index (χ3n) is 8.14. The quantitative estimate of drug-likeness (QED) is 0.595. The molecule has 0 radical (unpaired) electrons. The SMILES string of the molecule is COc1cccc(CN2C(=O)c3nc4ccccc4n3C[C@]2(C)C(=O)N[C@@H]2CCC[C@H](C)[C@H]2C)c1. The number of ether oxygens (including phenoxy) is 1. The van der Waals surface area contributed by atoms with Crippen molar-refractivity contribution in [2.75, 3.05) is 7.11 Å². The van der Waals surface area contributed by atoms with E-state index < -0.39 is 5.54 Å². The lowest BCUT2D eigenvalue weighted by Crippen LogP contribution is -2.65. The third-order valence-corrected chi connectivity index (χ3v) is 8.14. The van der Waals surface area contributed by atoms with Gasteiger partial charge in [0.05, 0.1) is 24.7 Å². The molecule has 7 nitrogen and oxygen atoms in total. The molecule has 4 atom stereocenters. The van der Waals surface area contributed by atoms with Crippen molar-refractivity contribution in [2.45, 2.75) is 64.7 Å². The van der Waals surface area contributed by atoms with E-state index in [0.29, 0.717) is 30.7 Å². The molecule has 1 aliphatic heterocycles. The lowest BCUT2D eigenvalue weighted by atomic mass is 9.77. The fourth-order valence-electron chi connectivity index (χ4n) is 5.64. The van der Waals surface area contributed by atoms with Crippen molar-refractivity contribution < 1.29 is 14.3 Å². The first-order valence-electron chi connectivity index (χ1n) is 12.5. The molecule has 1 fully saturated rings. The number of fused-ring (bicyclic) bond motifs is 3. The molecule has 3 aromatic rings. The fourth-order valence-corrected chi connectivity index (χ4v) is 5.64. The molecule has 0 bridgehead atoms. The van der Waals surface area contributed by atoms with Gasteiger partial charge in [-0.2, -0.15) is 0 Å². The van der Waals surface area contributed by atoms with Crippen molar-refractivity contribution in [3.63, 3.8) is 0 Å². The first kappa shape index (κ1) is 23.4. The molecule has 184 valence electrons. The van der Waals surface area contributed by atoms with Crippen LogP contribution in [0.15, 0.2) is 48.5 Å². The van der Waals surface area contributed by atoms with Crippen LogP contribution < -0.4 is 10.1 Å². The number of hydrogen-bond donors (Lipinski definition) is 1. The summed E-state index contributed by atoms with van der Waals surface area (Å²) in [5.41, 5.74) is 1.46. The highest BCUT2D eigenvalue weighted by Crippen LogP contribution is 2.34. The van der Waals surface area contributed by atoms with Crippen LogP contribution in [-0.2, 0) is 17.9 Å². The van der Waals surface area contributed by atoms with Gasteiger partial charge in [-0.1, -0.05) is 51.0 Å². The number of methoxy groups -OCH3 is 1. The summed E-state index contributed by atoms with van der Waals surface area (Å²) in [7, 11) is 1.62. The number of nitrogens with one attached hydrogen (secondary N) is 1. The summed E-state index contributed by atoms with van der Waals surface area (Å²) < 4.78 is 7.30. The van der Waals surface area contributed by atoms with Crippen LogP contribution in [0.3, 0.4) is 0 Å². The monoisotopic (exact) mass is 474 g/mol. The second-order valence-corrected chi connectivity index (χ2v) is 10.4. The van der Waals surface area contributed by atoms with E-state index in [4.69, 9.17) is 4.74 Å². The second-order valence-electron chi connectivity index (χ2n) is 10.4. The predicted octanol–water partition coefficient (Wildman–Crippen LogP) is 4.40. The zero-order chi connectivity index (χ0) is 24.7. The molecular weight excluding hydrogens is 440 g/mol. The molecular formula is C28H34N4O3. The number of aromatic nitrogens is 2. The molecule has 5 rings (SSSR count). The summed E-state index contributed by atoms with van der Waals surface area (Å²) in [6.45, 7) is 7.00. The van der Waals surface area contributed by atoms with E-state index in [1.807, 2.05) is 60.0 Å². The number of rotatable bonds is 5. The number of nitrogens with zero attached hydrogens (tertiary/aromatic N) is 3. The first-order chi connectivity index (χ1) is 16.8. The number of hydrogen-bond acceptors (Lipinski definition) is 4. The van der Waals surface area contributed by atoms with Gasteiger partial charge in [0.25, 0.3) is 5.91 Å². The Morgan fingerprint density at radius 3 is 2.77 bits per heavy atom. The fraction of sp³-hybridized carbons (Fsp3) is 0.464. The van der Waals surface area contributed by atoms with E-state index >= 15 is 0 Å². The molecule has 35 heavy (non-hydrogen) atoms. The maximum Gasteiger partial charge on any atom is 0.291 e. The molecule has 1 N–H and O–H groups in total. The van der Waals surface area contributed by atoms with Gasteiger partial charge in [-0.25, -0.2) is 4.98 Å². The molecule has 1 aromatic heterocycles. The van der Waals surface area contributed by atoms with Gasteiger partial charge in [-0.3, -0.25) is 9.59 Å². The maximum absolute atomic E-state index is 14.0. The molecule has 2 amide bonds. The van der Waals surface area contributed by atoms with Crippen molar-refractivity contribution in [1.82, 2.24) is 19.8 Å². The van der Waals surface area contributed by atoms with Gasteiger partial charge in [0.15, 0.2) is 5.82 Å². The zero-order valence-corrected chi connectivity index (χ0v) is 21.0. The Kier molecular flexibility index (Phi) is 6.03. The Bertz CT molecular complexity index is 1270. The molecule has 2 aliphatic rings. The van der Waals surface area contributed by atoms with E-state index in [1.165, 1.54) is 6.42 Å². The van der Waals surface area contributed by atoms with E-state index in [2.05, 4.69) is 24.1 Å². The summed E-state index contributed by atoms with van der Waals surface area (Å²) in [4.78, 5) is 34.2. The van der Waals surface area contributed by atoms with E-state index in [1.54, 1.807) is 12.0 Å². The van der Waals surface area contributed by atoms with E-state index in [9.17, 15) is 9.59 Å². The van der Waals surface area contributed by atoms with Gasteiger partial charge >= 0.3 is 0 Å². The van der Waals surface area contributed by atoms with Crippen molar-refractivity contribution >= 4 is 22.8 Å². The topological polar surface area (TPSA) is 76.5 Å².